The van der Waals surface area contributed by atoms with Crippen LogP contribution < -0.4 is 14.2 Å². The molecule has 0 N–H and O–H groups in total. The Kier molecular flexibility index (Phi) is 8.48. The highest BCUT2D eigenvalue weighted by atomic mass is 127. The highest BCUT2D eigenvalue weighted by molar-refractivity contribution is 14.1. The van der Waals surface area contributed by atoms with E-state index in [0.29, 0.717) is 0 Å². The van der Waals surface area contributed by atoms with E-state index in [1.807, 2.05) is 12.1 Å². The second-order valence-corrected chi connectivity index (χ2v) is 9.37. The third-order valence-corrected chi connectivity index (χ3v) is 6.83. The zero-order valence-electron chi connectivity index (χ0n) is 20.3. The van der Waals surface area contributed by atoms with Crippen molar-refractivity contribution >= 4 is 33.7 Å². The molecular weight excluding hydrogens is 547 g/mol. The fourth-order valence-electron chi connectivity index (χ4n) is 4.25. The van der Waals surface area contributed by atoms with Gasteiger partial charge in [0.05, 0.1) is 24.9 Å². The van der Waals surface area contributed by atoms with Crippen molar-refractivity contribution in [3.05, 3.63) is 123 Å². The van der Waals surface area contributed by atoms with Crippen molar-refractivity contribution in [2.45, 2.75) is 12.8 Å². The predicted molar refractivity (Wildman–Crippen MR) is 152 cm³/mol. The molecule has 178 valence electrons. The fourth-order valence-corrected chi connectivity index (χ4v) is 5.07. The van der Waals surface area contributed by atoms with Gasteiger partial charge in [-0.15, -0.1) is 0 Å². The normalized spacial score (nSPS) is 11.5. The van der Waals surface area contributed by atoms with Crippen LogP contribution in [-0.2, 0) is 12.8 Å². The minimum absolute atomic E-state index is 0.730. The van der Waals surface area contributed by atoms with Gasteiger partial charge in [0.2, 0.25) is 0 Å². The van der Waals surface area contributed by atoms with E-state index in [1.165, 1.54) is 27.8 Å². The molecule has 0 atom stereocenters. The average Bonchev–Trinajstić information content (AvgIpc) is 2.91. The van der Waals surface area contributed by atoms with E-state index in [9.17, 15) is 0 Å². The molecule has 0 fully saturated rings. The molecule has 0 unspecified atom stereocenters. The summed E-state index contributed by atoms with van der Waals surface area (Å²) in [5.74, 6) is 2.33. The molecule has 4 rings (SSSR count). The maximum absolute atomic E-state index is 5.72. The molecule has 0 bridgehead atoms. The first-order valence-corrected chi connectivity index (χ1v) is 12.6. The zero-order chi connectivity index (χ0) is 24.6. The summed E-state index contributed by atoms with van der Waals surface area (Å²) in [6, 6.07) is 33.8. The molecule has 0 spiro atoms. The van der Waals surface area contributed by atoms with E-state index in [1.54, 1.807) is 21.3 Å². The van der Waals surface area contributed by atoms with Gasteiger partial charge >= 0.3 is 0 Å². The van der Waals surface area contributed by atoms with Gasteiger partial charge in [-0.3, -0.25) is 0 Å². The summed E-state index contributed by atoms with van der Waals surface area (Å²) in [7, 11) is 5.06. The third kappa shape index (κ3) is 6.06. The van der Waals surface area contributed by atoms with Crippen LogP contribution in [0.15, 0.2) is 97.1 Å². The van der Waals surface area contributed by atoms with Gasteiger partial charge in [0.25, 0.3) is 0 Å². The molecule has 35 heavy (non-hydrogen) atoms. The van der Waals surface area contributed by atoms with Crippen molar-refractivity contribution in [2.75, 3.05) is 21.3 Å². The Balaban J connectivity index is 1.97. The number of ether oxygens (including phenoxy) is 3. The Morgan fingerprint density at radius 3 is 1.63 bits per heavy atom. The van der Waals surface area contributed by atoms with Crippen LogP contribution in [-0.4, -0.2) is 21.3 Å². The lowest BCUT2D eigenvalue weighted by Crippen LogP contribution is -2.02. The third-order valence-electron chi connectivity index (χ3n) is 6.03. The monoisotopic (exact) mass is 576 g/mol. The Hall–Kier alpha value is -3.25. The fraction of sp³-hybridized carbons (Fsp3) is 0.161. The van der Waals surface area contributed by atoms with Crippen LogP contribution in [0.25, 0.3) is 11.1 Å². The SMILES string of the molecule is COc1ccc(/C(Cc2ccccc2)=C(/Cc2ccccc2)c2cc(I)c(OC)c(OC)c2)cc1. The molecule has 0 saturated heterocycles. The Morgan fingerprint density at radius 1 is 0.600 bits per heavy atom. The smallest absolute Gasteiger partial charge is 0.174 e. The number of hydrogen-bond donors (Lipinski definition) is 0. The van der Waals surface area contributed by atoms with Crippen molar-refractivity contribution in [2.24, 2.45) is 0 Å². The van der Waals surface area contributed by atoms with Crippen molar-refractivity contribution in [3.63, 3.8) is 0 Å². The molecule has 0 aromatic heterocycles. The number of benzene rings is 4. The Labute approximate surface area is 221 Å². The van der Waals surface area contributed by atoms with Gasteiger partial charge in [-0.2, -0.15) is 0 Å². The van der Waals surface area contributed by atoms with Gasteiger partial charge < -0.3 is 14.2 Å². The average molecular weight is 576 g/mol. The number of methoxy groups -OCH3 is 3. The number of hydrogen-bond acceptors (Lipinski definition) is 3. The van der Waals surface area contributed by atoms with Gasteiger partial charge in [-0.25, -0.2) is 0 Å². The summed E-state index contributed by atoms with van der Waals surface area (Å²) in [5.41, 5.74) is 7.34. The van der Waals surface area contributed by atoms with Crippen LogP contribution in [0.2, 0.25) is 0 Å². The molecule has 0 heterocycles. The van der Waals surface area contributed by atoms with Crippen molar-refractivity contribution < 1.29 is 14.2 Å². The molecule has 0 aliphatic carbocycles. The Bertz CT molecular complexity index is 1280. The van der Waals surface area contributed by atoms with Crippen LogP contribution in [0.4, 0.5) is 0 Å². The molecule has 0 aliphatic rings. The maximum Gasteiger partial charge on any atom is 0.174 e. The van der Waals surface area contributed by atoms with Crippen molar-refractivity contribution in [1.29, 1.82) is 0 Å². The molecule has 3 nitrogen and oxygen atoms in total. The van der Waals surface area contributed by atoms with Gasteiger partial charge in [-0.1, -0.05) is 72.8 Å². The van der Waals surface area contributed by atoms with Crippen LogP contribution in [0.1, 0.15) is 22.3 Å². The molecule has 4 heteroatoms. The summed E-state index contributed by atoms with van der Waals surface area (Å²) < 4.78 is 17.8. The standard InChI is InChI=1S/C31H29IO3/c1-33-26-16-14-24(15-17-26)27(18-22-10-6-4-7-11-22)28(19-23-12-8-5-9-13-23)25-20-29(32)31(35-3)30(21-25)34-2/h4-17,20-21H,18-19H2,1-3H3/b28-27-. The molecule has 0 amide bonds. The van der Waals surface area contributed by atoms with Crippen molar-refractivity contribution in [3.8, 4) is 17.2 Å². The lowest BCUT2D eigenvalue weighted by Gasteiger charge is -2.20. The highest BCUT2D eigenvalue weighted by Crippen LogP contribution is 2.39. The minimum Gasteiger partial charge on any atom is -0.497 e. The van der Waals surface area contributed by atoms with E-state index in [4.69, 9.17) is 14.2 Å². The summed E-state index contributed by atoms with van der Waals surface area (Å²) in [5, 5.41) is 0. The van der Waals surface area contributed by atoms with Crippen molar-refractivity contribution in [1.82, 2.24) is 0 Å². The molecule has 0 radical (unpaired) electrons. The topological polar surface area (TPSA) is 27.7 Å². The molecule has 4 aromatic carbocycles. The predicted octanol–water partition coefficient (Wildman–Crippen LogP) is 7.71. The van der Waals surface area contributed by atoms with Crippen LogP contribution in [0, 0.1) is 3.57 Å². The van der Waals surface area contributed by atoms with Gasteiger partial charge in [0, 0.05) is 0 Å². The van der Waals surface area contributed by atoms with E-state index in [0.717, 1.165) is 39.2 Å². The lowest BCUT2D eigenvalue weighted by atomic mass is 9.86. The largest absolute Gasteiger partial charge is 0.497 e. The van der Waals surface area contributed by atoms with E-state index in [-0.39, 0.29) is 0 Å². The summed E-state index contributed by atoms with van der Waals surface area (Å²) >= 11 is 2.33. The first-order chi connectivity index (χ1) is 17.1. The molecule has 4 aromatic rings. The number of allylic oxidation sites excluding steroid dienone is 2. The summed E-state index contributed by atoms with van der Waals surface area (Å²) in [6.45, 7) is 0. The van der Waals surface area contributed by atoms with Gasteiger partial charge in [0.15, 0.2) is 11.5 Å². The van der Waals surface area contributed by atoms with E-state index >= 15 is 0 Å². The lowest BCUT2D eigenvalue weighted by molar-refractivity contribution is 0.353. The van der Waals surface area contributed by atoms with Crippen LogP contribution in [0.5, 0.6) is 17.2 Å². The molecular formula is C31H29IO3. The van der Waals surface area contributed by atoms with E-state index < -0.39 is 0 Å². The number of rotatable bonds is 9. The second-order valence-electron chi connectivity index (χ2n) is 8.20. The summed E-state index contributed by atoms with van der Waals surface area (Å²) in [6.07, 6.45) is 1.60. The Morgan fingerprint density at radius 2 is 1.14 bits per heavy atom. The highest BCUT2D eigenvalue weighted by Gasteiger charge is 2.18. The zero-order valence-corrected chi connectivity index (χ0v) is 22.4. The maximum atomic E-state index is 5.72. The second kappa shape index (κ2) is 11.9. The van der Waals surface area contributed by atoms with Gasteiger partial charge in [0.1, 0.15) is 5.75 Å². The molecule has 0 saturated carbocycles. The first-order valence-electron chi connectivity index (χ1n) is 11.5. The quantitative estimate of drug-likeness (QED) is 0.151. The molecule has 0 aliphatic heterocycles. The van der Waals surface area contributed by atoms with Crippen LogP contribution in [0.3, 0.4) is 0 Å². The first kappa shape index (κ1) is 24.9. The minimum atomic E-state index is 0.730. The van der Waals surface area contributed by atoms with E-state index in [2.05, 4.69) is 108 Å². The number of halogens is 1. The summed E-state index contributed by atoms with van der Waals surface area (Å²) in [4.78, 5) is 0. The van der Waals surface area contributed by atoms with Gasteiger partial charge in [-0.05, 0) is 93.1 Å². The van der Waals surface area contributed by atoms with Crippen LogP contribution >= 0.6 is 22.6 Å².